The van der Waals surface area contributed by atoms with Crippen molar-refractivity contribution in [1.29, 1.82) is 0 Å². The Morgan fingerprint density at radius 1 is 1.08 bits per heavy atom. The molecule has 0 bridgehead atoms. The predicted molar refractivity (Wildman–Crippen MR) is 96.4 cm³/mol. The molecule has 0 atom stereocenters. The molecule has 2 aromatic carbocycles. The monoisotopic (exact) mass is 324 g/mol. The molecule has 0 fully saturated rings. The summed E-state index contributed by atoms with van der Waals surface area (Å²) in [4.78, 5) is 4.71. The van der Waals surface area contributed by atoms with Gasteiger partial charge in [-0.1, -0.05) is 19.1 Å². The van der Waals surface area contributed by atoms with E-state index in [1.807, 2.05) is 16.7 Å². The van der Waals surface area contributed by atoms with Crippen LogP contribution >= 0.6 is 0 Å². The molecular weight excluding hydrogens is 300 g/mol. The molecule has 126 valence electrons. The molecule has 0 aliphatic rings. The molecule has 0 aliphatic carbocycles. The zero-order valence-corrected chi connectivity index (χ0v) is 14.5. The van der Waals surface area contributed by atoms with Crippen LogP contribution in [0.2, 0.25) is 0 Å². The van der Waals surface area contributed by atoms with Crippen LogP contribution in [0.4, 0.5) is 0 Å². The van der Waals surface area contributed by atoms with Crippen molar-refractivity contribution in [2.24, 2.45) is 0 Å². The lowest BCUT2D eigenvalue weighted by Gasteiger charge is -2.10. The van der Waals surface area contributed by atoms with E-state index in [1.54, 1.807) is 0 Å². The predicted octanol–water partition coefficient (Wildman–Crippen LogP) is 3.79. The lowest BCUT2D eigenvalue weighted by atomic mass is 10.1. The van der Waals surface area contributed by atoms with E-state index in [2.05, 4.69) is 45.0 Å². The molecule has 1 heterocycles. The molecule has 4 nitrogen and oxygen atoms in total. The van der Waals surface area contributed by atoms with Crippen molar-refractivity contribution in [3.63, 3.8) is 0 Å². The van der Waals surface area contributed by atoms with Gasteiger partial charge < -0.3 is 14.4 Å². The van der Waals surface area contributed by atoms with Crippen LogP contribution in [0.25, 0.3) is 11.0 Å². The number of hydrogen-bond acceptors (Lipinski definition) is 3. The number of aryl methyl sites for hydroxylation is 3. The van der Waals surface area contributed by atoms with Gasteiger partial charge in [0.2, 0.25) is 0 Å². The third-order valence-electron chi connectivity index (χ3n) is 4.47. The van der Waals surface area contributed by atoms with Crippen LogP contribution in [0.1, 0.15) is 29.4 Å². The Morgan fingerprint density at radius 2 is 1.79 bits per heavy atom. The summed E-state index contributed by atoms with van der Waals surface area (Å²) in [5.74, 6) is 1.67. The molecule has 4 heteroatoms. The van der Waals surface area contributed by atoms with Gasteiger partial charge in [-0.2, -0.15) is 0 Å². The first-order valence-electron chi connectivity index (χ1n) is 8.41. The number of benzene rings is 2. The first kappa shape index (κ1) is 16.5. The molecule has 24 heavy (non-hydrogen) atoms. The highest BCUT2D eigenvalue weighted by Crippen LogP contribution is 2.22. The fourth-order valence-corrected chi connectivity index (χ4v) is 2.86. The number of aromatic nitrogens is 2. The van der Waals surface area contributed by atoms with Gasteiger partial charge in [0.15, 0.2) is 0 Å². The van der Waals surface area contributed by atoms with Gasteiger partial charge in [0.1, 0.15) is 18.2 Å². The SMILES string of the molecule is CCc1ccc(OCc2nc3cc(C)c(C)cc3n2CCO)cc1. The quantitative estimate of drug-likeness (QED) is 0.750. The van der Waals surface area contributed by atoms with Gasteiger partial charge in [0, 0.05) is 6.54 Å². The third-order valence-corrected chi connectivity index (χ3v) is 4.47. The van der Waals surface area contributed by atoms with Gasteiger partial charge in [0.05, 0.1) is 17.6 Å². The summed E-state index contributed by atoms with van der Waals surface area (Å²) in [5, 5.41) is 9.40. The van der Waals surface area contributed by atoms with Crippen molar-refractivity contribution < 1.29 is 9.84 Å². The Labute approximate surface area is 142 Å². The van der Waals surface area contributed by atoms with Gasteiger partial charge in [-0.3, -0.25) is 0 Å². The van der Waals surface area contributed by atoms with Crippen molar-refractivity contribution in [2.45, 2.75) is 40.3 Å². The Kier molecular flexibility index (Phi) is 4.86. The minimum Gasteiger partial charge on any atom is -0.486 e. The molecule has 0 radical (unpaired) electrons. The standard InChI is InChI=1S/C20H24N2O2/c1-4-16-5-7-17(8-6-16)24-13-20-21-18-11-14(2)15(3)12-19(18)22(20)9-10-23/h5-8,11-12,23H,4,9-10,13H2,1-3H3. The maximum atomic E-state index is 9.40. The van der Waals surface area contributed by atoms with E-state index in [0.717, 1.165) is 29.0 Å². The largest absolute Gasteiger partial charge is 0.486 e. The molecule has 3 aromatic rings. The number of fused-ring (bicyclic) bond motifs is 1. The maximum Gasteiger partial charge on any atom is 0.148 e. The Morgan fingerprint density at radius 3 is 2.46 bits per heavy atom. The van der Waals surface area contributed by atoms with Crippen LogP contribution in [-0.4, -0.2) is 21.3 Å². The van der Waals surface area contributed by atoms with Crippen LogP contribution in [-0.2, 0) is 19.6 Å². The van der Waals surface area contributed by atoms with Crippen molar-refractivity contribution in [3.05, 3.63) is 58.9 Å². The number of rotatable bonds is 6. The van der Waals surface area contributed by atoms with Crippen molar-refractivity contribution in [3.8, 4) is 5.75 Å². The summed E-state index contributed by atoms with van der Waals surface area (Å²) in [6.45, 7) is 7.31. The van der Waals surface area contributed by atoms with Crippen LogP contribution in [0.15, 0.2) is 36.4 Å². The second-order valence-corrected chi connectivity index (χ2v) is 6.11. The Hall–Kier alpha value is -2.33. The average Bonchev–Trinajstić information content (AvgIpc) is 2.91. The van der Waals surface area contributed by atoms with Gasteiger partial charge in [-0.05, 0) is 61.2 Å². The number of ether oxygens (including phenoxy) is 1. The minimum absolute atomic E-state index is 0.0799. The Bertz CT molecular complexity index is 835. The van der Waals surface area contributed by atoms with Gasteiger partial charge in [0.25, 0.3) is 0 Å². The number of imidazole rings is 1. The molecule has 0 saturated heterocycles. The number of aliphatic hydroxyl groups excluding tert-OH is 1. The second kappa shape index (κ2) is 7.05. The minimum atomic E-state index is 0.0799. The van der Waals surface area contributed by atoms with Gasteiger partial charge >= 0.3 is 0 Å². The van der Waals surface area contributed by atoms with E-state index in [-0.39, 0.29) is 6.61 Å². The van der Waals surface area contributed by atoms with Gasteiger partial charge in [-0.15, -0.1) is 0 Å². The molecule has 1 aromatic heterocycles. The lowest BCUT2D eigenvalue weighted by molar-refractivity contribution is 0.260. The third kappa shape index (κ3) is 3.29. The molecule has 0 spiro atoms. The first-order valence-corrected chi connectivity index (χ1v) is 8.41. The summed E-state index contributed by atoms with van der Waals surface area (Å²) in [7, 11) is 0. The highest BCUT2D eigenvalue weighted by Gasteiger charge is 2.12. The molecular formula is C20H24N2O2. The Balaban J connectivity index is 1.88. The summed E-state index contributed by atoms with van der Waals surface area (Å²) >= 11 is 0. The zero-order valence-electron chi connectivity index (χ0n) is 14.5. The van der Waals surface area contributed by atoms with Crippen molar-refractivity contribution >= 4 is 11.0 Å². The summed E-state index contributed by atoms with van der Waals surface area (Å²) in [6, 6.07) is 12.4. The van der Waals surface area contributed by atoms with Gasteiger partial charge in [-0.25, -0.2) is 4.98 Å². The molecule has 0 amide bonds. The van der Waals surface area contributed by atoms with E-state index in [4.69, 9.17) is 9.72 Å². The second-order valence-electron chi connectivity index (χ2n) is 6.11. The number of hydrogen-bond donors (Lipinski definition) is 1. The number of nitrogens with zero attached hydrogens (tertiary/aromatic N) is 2. The van der Waals surface area contributed by atoms with Crippen LogP contribution in [0.3, 0.4) is 0 Å². The van der Waals surface area contributed by atoms with E-state index < -0.39 is 0 Å². The fraction of sp³-hybridized carbons (Fsp3) is 0.350. The number of aliphatic hydroxyl groups is 1. The summed E-state index contributed by atoms with van der Waals surface area (Å²) < 4.78 is 7.95. The molecule has 0 unspecified atom stereocenters. The van der Waals surface area contributed by atoms with E-state index in [9.17, 15) is 5.11 Å². The average molecular weight is 324 g/mol. The first-order chi connectivity index (χ1) is 11.6. The fourth-order valence-electron chi connectivity index (χ4n) is 2.86. The van der Waals surface area contributed by atoms with Crippen LogP contribution in [0.5, 0.6) is 5.75 Å². The highest BCUT2D eigenvalue weighted by molar-refractivity contribution is 5.78. The van der Waals surface area contributed by atoms with Crippen LogP contribution in [0, 0.1) is 13.8 Å². The lowest BCUT2D eigenvalue weighted by Crippen LogP contribution is -2.09. The molecule has 1 N–H and O–H groups in total. The summed E-state index contributed by atoms with van der Waals surface area (Å²) in [6.07, 6.45) is 1.02. The normalized spacial score (nSPS) is 11.2. The summed E-state index contributed by atoms with van der Waals surface area (Å²) in [5.41, 5.74) is 5.74. The van der Waals surface area contributed by atoms with Crippen LogP contribution < -0.4 is 4.74 Å². The van der Waals surface area contributed by atoms with Crippen molar-refractivity contribution in [2.75, 3.05) is 6.61 Å². The zero-order chi connectivity index (χ0) is 17.1. The molecule has 0 aliphatic heterocycles. The van der Waals surface area contributed by atoms with E-state index in [0.29, 0.717) is 13.2 Å². The highest BCUT2D eigenvalue weighted by atomic mass is 16.5. The van der Waals surface area contributed by atoms with E-state index in [1.165, 1.54) is 16.7 Å². The molecule has 3 rings (SSSR count). The van der Waals surface area contributed by atoms with E-state index >= 15 is 0 Å². The van der Waals surface area contributed by atoms with Crippen molar-refractivity contribution in [1.82, 2.24) is 9.55 Å². The maximum absolute atomic E-state index is 9.40. The molecule has 0 saturated carbocycles. The smallest absolute Gasteiger partial charge is 0.148 e. The topological polar surface area (TPSA) is 47.3 Å².